The third kappa shape index (κ3) is 2.48. The topological polar surface area (TPSA) is 47.9 Å². The lowest BCUT2D eigenvalue weighted by Crippen LogP contribution is -2.00. The molecule has 1 aromatic carbocycles. The van der Waals surface area contributed by atoms with Crippen molar-refractivity contribution in [1.29, 1.82) is 0 Å². The van der Waals surface area contributed by atoms with E-state index in [4.69, 9.17) is 9.47 Å². The van der Waals surface area contributed by atoms with Crippen LogP contribution in [0.3, 0.4) is 0 Å². The number of hydrogen-bond donors (Lipinski definition) is 0. The van der Waals surface area contributed by atoms with Crippen LogP contribution in [0.4, 0.5) is 0 Å². The normalized spacial score (nSPS) is 17.2. The average molecular weight is 217 g/mol. The van der Waals surface area contributed by atoms with Crippen molar-refractivity contribution in [1.82, 2.24) is 0 Å². The Labute approximate surface area is 93.2 Å². The van der Waals surface area contributed by atoms with Crippen LogP contribution in [0.25, 0.3) is 0 Å². The summed E-state index contributed by atoms with van der Waals surface area (Å²) in [5.41, 5.74) is 1.24. The third-order valence-corrected chi connectivity index (χ3v) is 2.02. The van der Waals surface area contributed by atoms with E-state index in [1.807, 2.05) is 30.3 Å². The monoisotopic (exact) mass is 217 g/mol. The number of benzene rings is 1. The number of carbonyl (C=O) groups is 1. The van der Waals surface area contributed by atoms with Gasteiger partial charge in [-0.2, -0.15) is 0 Å². The predicted octanol–water partition coefficient (Wildman–Crippen LogP) is 2.02. The molecule has 0 saturated heterocycles. The van der Waals surface area contributed by atoms with E-state index >= 15 is 0 Å². The van der Waals surface area contributed by atoms with Crippen molar-refractivity contribution < 1.29 is 14.3 Å². The largest absolute Gasteiger partial charge is 0.494 e. The molecule has 2 rings (SSSR count). The molecule has 1 aliphatic rings. The van der Waals surface area contributed by atoms with E-state index in [1.165, 1.54) is 6.26 Å². The Hall–Kier alpha value is -2.10. The molecule has 0 spiro atoms. The summed E-state index contributed by atoms with van der Waals surface area (Å²) >= 11 is 0. The van der Waals surface area contributed by atoms with Gasteiger partial charge in [-0.3, -0.25) is 0 Å². The molecule has 0 aromatic heterocycles. The van der Waals surface area contributed by atoms with Gasteiger partial charge in [0, 0.05) is 6.92 Å². The summed E-state index contributed by atoms with van der Waals surface area (Å²) in [7, 11) is 0. The van der Waals surface area contributed by atoms with Gasteiger partial charge in [0.1, 0.15) is 12.9 Å². The zero-order valence-corrected chi connectivity index (χ0v) is 8.84. The summed E-state index contributed by atoms with van der Waals surface area (Å²) in [6, 6.07) is 9.68. The maximum atomic E-state index is 11.1. The lowest BCUT2D eigenvalue weighted by Gasteiger charge is -2.00. The van der Waals surface area contributed by atoms with Gasteiger partial charge >= 0.3 is 5.97 Å². The van der Waals surface area contributed by atoms with E-state index in [1.54, 1.807) is 6.92 Å². The maximum absolute atomic E-state index is 11.1. The Morgan fingerprint density at radius 2 is 2.12 bits per heavy atom. The minimum atomic E-state index is -0.467. The fourth-order valence-electron chi connectivity index (χ4n) is 1.29. The predicted molar refractivity (Wildman–Crippen MR) is 58.5 cm³/mol. The van der Waals surface area contributed by atoms with Crippen molar-refractivity contribution in [2.75, 3.05) is 0 Å². The quantitative estimate of drug-likeness (QED) is 0.442. The molecule has 4 nitrogen and oxygen atoms in total. The van der Waals surface area contributed by atoms with Crippen LogP contribution in [0.5, 0.6) is 0 Å². The maximum Gasteiger partial charge on any atom is 0.366 e. The highest BCUT2D eigenvalue weighted by Gasteiger charge is 2.19. The molecule has 0 saturated carbocycles. The molecule has 0 fully saturated rings. The fraction of sp³-hybridized carbons (Fsp3) is 0.167. The van der Waals surface area contributed by atoms with Crippen molar-refractivity contribution in [2.45, 2.75) is 13.5 Å². The second kappa shape index (κ2) is 4.61. The number of carbonyl (C=O) groups excluding carboxylic acids is 1. The van der Waals surface area contributed by atoms with Crippen molar-refractivity contribution in [3.63, 3.8) is 0 Å². The van der Waals surface area contributed by atoms with Gasteiger partial charge in [-0.1, -0.05) is 30.3 Å². The molecule has 0 radical (unpaired) electrons. The number of rotatable bonds is 3. The highest BCUT2D eigenvalue weighted by Crippen LogP contribution is 2.11. The molecule has 0 amide bonds. The minimum Gasteiger partial charge on any atom is -0.494 e. The van der Waals surface area contributed by atoms with Gasteiger partial charge in [-0.05, 0) is 5.56 Å². The molecule has 1 aromatic rings. The smallest absolute Gasteiger partial charge is 0.366 e. The Balaban J connectivity index is 1.93. The summed E-state index contributed by atoms with van der Waals surface area (Å²) in [5, 5.41) is 0. The van der Waals surface area contributed by atoms with Crippen LogP contribution in [0, 0.1) is 0 Å². The van der Waals surface area contributed by atoms with Gasteiger partial charge in [0.2, 0.25) is 0 Å². The van der Waals surface area contributed by atoms with Crippen LogP contribution >= 0.6 is 0 Å². The number of esters is 1. The van der Waals surface area contributed by atoms with Crippen LogP contribution in [0.1, 0.15) is 12.5 Å². The number of nitrogens with zero attached hydrogens (tertiary/aromatic N) is 1. The molecule has 1 heterocycles. The van der Waals surface area contributed by atoms with Gasteiger partial charge in [0.15, 0.2) is 11.6 Å². The van der Waals surface area contributed by atoms with Crippen LogP contribution in [0.2, 0.25) is 0 Å². The van der Waals surface area contributed by atoms with Gasteiger partial charge in [-0.25, -0.2) is 9.79 Å². The molecule has 0 N–H and O–H groups in total. The van der Waals surface area contributed by atoms with Crippen LogP contribution < -0.4 is 0 Å². The summed E-state index contributed by atoms with van der Waals surface area (Å²) < 4.78 is 9.99. The second-order valence-corrected chi connectivity index (χ2v) is 3.32. The van der Waals surface area contributed by atoms with Crippen LogP contribution in [-0.4, -0.2) is 11.9 Å². The first-order valence-corrected chi connectivity index (χ1v) is 4.89. The first-order valence-electron chi connectivity index (χ1n) is 4.89. The van der Waals surface area contributed by atoms with E-state index in [-0.39, 0.29) is 5.70 Å². The molecule has 0 bridgehead atoms. The third-order valence-electron chi connectivity index (χ3n) is 2.02. The van der Waals surface area contributed by atoms with Gasteiger partial charge < -0.3 is 9.47 Å². The van der Waals surface area contributed by atoms with Crippen molar-refractivity contribution in [3.8, 4) is 0 Å². The number of aliphatic imine (C=N–C) groups is 1. The van der Waals surface area contributed by atoms with E-state index in [0.717, 1.165) is 5.56 Å². The standard InChI is InChI=1S/C12H11NO3/c1-9-13-11(12(14)16-9)8-15-7-10-5-3-2-4-6-10/h2-6,8H,7H2,1H3/b11-8-. The first-order chi connectivity index (χ1) is 7.75. The number of hydrogen-bond acceptors (Lipinski definition) is 4. The number of ether oxygens (including phenoxy) is 2. The molecule has 0 aliphatic carbocycles. The van der Waals surface area contributed by atoms with E-state index in [2.05, 4.69) is 4.99 Å². The summed E-state index contributed by atoms with van der Waals surface area (Å²) in [6.45, 7) is 2.03. The minimum absolute atomic E-state index is 0.202. The Morgan fingerprint density at radius 3 is 2.75 bits per heavy atom. The van der Waals surface area contributed by atoms with E-state index in [0.29, 0.717) is 12.5 Å². The summed E-state index contributed by atoms with van der Waals surface area (Å²) in [5.74, 6) is -0.120. The fourth-order valence-corrected chi connectivity index (χ4v) is 1.29. The lowest BCUT2D eigenvalue weighted by molar-refractivity contribution is -0.130. The molecule has 0 unspecified atom stereocenters. The number of cyclic esters (lactones) is 1. The summed E-state index contributed by atoms with van der Waals surface area (Å²) in [6.07, 6.45) is 1.33. The van der Waals surface area contributed by atoms with Gasteiger partial charge in [-0.15, -0.1) is 0 Å². The van der Waals surface area contributed by atoms with Crippen molar-refractivity contribution >= 4 is 11.9 Å². The van der Waals surface area contributed by atoms with Gasteiger partial charge in [0.05, 0.1) is 0 Å². The Kier molecular flexibility index (Phi) is 3.00. The molecular weight excluding hydrogens is 206 g/mol. The molecule has 82 valence electrons. The molecular formula is C12H11NO3. The highest BCUT2D eigenvalue weighted by atomic mass is 16.6. The Morgan fingerprint density at radius 1 is 1.38 bits per heavy atom. The highest BCUT2D eigenvalue weighted by molar-refractivity contribution is 6.03. The van der Waals surface area contributed by atoms with E-state index < -0.39 is 5.97 Å². The van der Waals surface area contributed by atoms with Crippen molar-refractivity contribution in [3.05, 3.63) is 47.9 Å². The second-order valence-electron chi connectivity index (χ2n) is 3.32. The lowest BCUT2D eigenvalue weighted by atomic mass is 10.2. The molecule has 0 atom stereocenters. The van der Waals surface area contributed by atoms with Crippen LogP contribution in [0.15, 0.2) is 47.3 Å². The first kappa shape index (κ1) is 10.4. The molecule has 4 heteroatoms. The van der Waals surface area contributed by atoms with E-state index in [9.17, 15) is 4.79 Å². The van der Waals surface area contributed by atoms with Gasteiger partial charge in [0.25, 0.3) is 0 Å². The molecule has 16 heavy (non-hydrogen) atoms. The zero-order chi connectivity index (χ0) is 11.4. The van der Waals surface area contributed by atoms with Crippen molar-refractivity contribution in [2.24, 2.45) is 4.99 Å². The Bertz CT molecular complexity index is 449. The SMILES string of the molecule is CC1=N/C(=C\OCc2ccccc2)C(=O)O1. The van der Waals surface area contributed by atoms with Crippen LogP contribution in [-0.2, 0) is 20.9 Å². The zero-order valence-electron chi connectivity index (χ0n) is 8.84. The molecule has 1 aliphatic heterocycles. The average Bonchev–Trinajstić information content (AvgIpc) is 2.59. The summed E-state index contributed by atoms with van der Waals surface area (Å²) in [4.78, 5) is 15.0.